The van der Waals surface area contributed by atoms with Crippen LogP contribution >= 0.6 is 7.80 Å². The van der Waals surface area contributed by atoms with E-state index in [0.717, 1.165) is 0 Å². The second kappa shape index (κ2) is 8.44. The maximum absolute atomic E-state index is 11.3. The highest BCUT2D eigenvalue weighted by molar-refractivity contribution is 7.44. The molecule has 0 aliphatic heterocycles. The van der Waals surface area contributed by atoms with Crippen LogP contribution in [0, 0.1) is 0 Å². The molecule has 0 aromatic rings. The molecule has 1 unspecified atom stereocenters. The summed E-state index contributed by atoms with van der Waals surface area (Å²) in [5, 5.41) is 2.63. The molecule has 6 nitrogen and oxygen atoms in total. The van der Waals surface area contributed by atoms with Crippen LogP contribution in [-0.2, 0) is 14.2 Å². The number of nitrogens with one attached hydrogen (secondary N) is 2. The third-order valence-corrected chi connectivity index (χ3v) is 3.45. The molecule has 4 N–H and O–H groups in total. The van der Waals surface area contributed by atoms with Crippen molar-refractivity contribution in [2.45, 2.75) is 19.8 Å². The highest BCUT2D eigenvalue weighted by Gasteiger charge is 2.04. The summed E-state index contributed by atoms with van der Waals surface area (Å²) in [4.78, 5) is 21.5. The predicted octanol–water partition coefficient (Wildman–Crippen LogP) is -0.548. The summed E-state index contributed by atoms with van der Waals surface area (Å²) in [5.41, 5.74) is 1.97. The van der Waals surface area contributed by atoms with Gasteiger partial charge in [-0.05, 0) is 0 Å². The third-order valence-electron chi connectivity index (χ3n) is 1.84. The first kappa shape index (κ1) is 14.1. The minimum atomic E-state index is -1.78. The van der Waals surface area contributed by atoms with Gasteiger partial charge in [0.25, 0.3) is 0 Å². The van der Waals surface area contributed by atoms with Crippen molar-refractivity contribution < 1.29 is 14.2 Å². The zero-order valence-corrected chi connectivity index (χ0v) is 9.84. The van der Waals surface area contributed by atoms with Gasteiger partial charge in [-0.2, -0.15) is 0 Å². The molecule has 1 atom stereocenters. The van der Waals surface area contributed by atoms with Crippen LogP contribution in [-0.4, -0.2) is 30.7 Å². The molecule has 0 saturated carbocycles. The lowest BCUT2D eigenvalue weighted by molar-refractivity contribution is -0.121. The molecule has 0 rings (SSSR count). The zero-order chi connectivity index (χ0) is 11.7. The molecular weight excluding hydrogens is 217 g/mol. The van der Waals surface area contributed by atoms with Crippen molar-refractivity contribution in [3.05, 3.63) is 0 Å². The van der Waals surface area contributed by atoms with Gasteiger partial charge in [0.05, 0.1) is 7.80 Å². The number of hydrogen-bond acceptors (Lipinski definition) is 4. The Bertz CT molecular complexity index is 245. The third kappa shape index (κ3) is 8.15. The van der Waals surface area contributed by atoms with Crippen molar-refractivity contribution >= 4 is 19.6 Å². The lowest BCUT2D eigenvalue weighted by atomic mass is 10.4. The van der Waals surface area contributed by atoms with Gasteiger partial charge in [-0.3, -0.25) is 15.0 Å². The van der Waals surface area contributed by atoms with Crippen LogP contribution in [0.15, 0.2) is 0 Å². The fourth-order valence-corrected chi connectivity index (χ4v) is 2.08. The van der Waals surface area contributed by atoms with E-state index in [-0.39, 0.29) is 18.2 Å². The highest BCUT2D eigenvalue weighted by atomic mass is 31.1. The molecule has 0 aliphatic rings. The summed E-state index contributed by atoms with van der Waals surface area (Å²) in [7, 11) is -1.78. The van der Waals surface area contributed by atoms with E-state index in [4.69, 9.17) is 5.84 Å². The van der Waals surface area contributed by atoms with Crippen LogP contribution in [0.3, 0.4) is 0 Å². The quantitative estimate of drug-likeness (QED) is 0.238. The van der Waals surface area contributed by atoms with Gasteiger partial charge in [-0.1, -0.05) is 6.92 Å². The second-order valence-corrected chi connectivity index (χ2v) is 5.14. The molecular formula is C8H18N3O3P. The van der Waals surface area contributed by atoms with Gasteiger partial charge in [0, 0.05) is 31.7 Å². The summed E-state index contributed by atoms with van der Waals surface area (Å²) in [5.74, 6) is 4.50. The number of hydrazine groups is 1. The van der Waals surface area contributed by atoms with E-state index in [1.807, 2.05) is 5.43 Å². The van der Waals surface area contributed by atoms with Gasteiger partial charge in [-0.25, -0.2) is 5.84 Å². The molecule has 88 valence electrons. The van der Waals surface area contributed by atoms with Gasteiger partial charge >= 0.3 is 0 Å². The first-order chi connectivity index (χ1) is 7.10. The molecule has 2 amide bonds. The van der Waals surface area contributed by atoms with Crippen molar-refractivity contribution in [1.29, 1.82) is 0 Å². The van der Waals surface area contributed by atoms with Gasteiger partial charge in [0.2, 0.25) is 11.8 Å². The number of amides is 2. The summed E-state index contributed by atoms with van der Waals surface area (Å²) in [6.45, 7) is 2.17. The average Bonchev–Trinajstić information content (AvgIpc) is 2.25. The van der Waals surface area contributed by atoms with Gasteiger partial charge < -0.3 is 9.88 Å². The zero-order valence-electron chi connectivity index (χ0n) is 8.84. The number of rotatable bonds is 7. The van der Waals surface area contributed by atoms with Crippen LogP contribution < -0.4 is 16.6 Å². The Labute approximate surface area is 89.7 Å². The van der Waals surface area contributed by atoms with Gasteiger partial charge in [0.15, 0.2) is 0 Å². The van der Waals surface area contributed by atoms with E-state index >= 15 is 0 Å². The van der Waals surface area contributed by atoms with Crippen molar-refractivity contribution in [2.75, 3.05) is 18.9 Å². The fraction of sp³-hybridized carbons (Fsp3) is 0.750. The molecule has 15 heavy (non-hydrogen) atoms. The van der Waals surface area contributed by atoms with Crippen LogP contribution in [0.5, 0.6) is 0 Å². The Balaban J connectivity index is 3.49. The fourth-order valence-electron chi connectivity index (χ4n) is 0.916. The number of hydrogen-bond donors (Lipinski definition) is 3. The van der Waals surface area contributed by atoms with Crippen LogP contribution in [0.1, 0.15) is 19.8 Å². The lowest BCUT2D eigenvalue weighted by Gasteiger charge is -2.03. The van der Waals surface area contributed by atoms with E-state index in [1.54, 1.807) is 6.92 Å². The van der Waals surface area contributed by atoms with Crippen LogP contribution in [0.25, 0.3) is 0 Å². The normalized spacial score (nSPS) is 11.9. The molecule has 0 heterocycles. The summed E-state index contributed by atoms with van der Waals surface area (Å²) in [6.07, 6.45) is 1.39. The van der Waals surface area contributed by atoms with E-state index in [1.165, 1.54) is 0 Å². The SMILES string of the molecule is CCC(=O)NCC[PH](=O)CCC(=O)NN. The Morgan fingerprint density at radius 1 is 1.27 bits per heavy atom. The Kier molecular flexibility index (Phi) is 7.95. The van der Waals surface area contributed by atoms with E-state index in [9.17, 15) is 14.2 Å². The maximum atomic E-state index is 11.3. The molecule has 0 aliphatic carbocycles. The lowest BCUT2D eigenvalue weighted by Crippen LogP contribution is -2.30. The van der Waals surface area contributed by atoms with Crippen molar-refractivity contribution in [3.8, 4) is 0 Å². The summed E-state index contributed by atoms with van der Waals surface area (Å²) < 4.78 is 11.3. The maximum Gasteiger partial charge on any atom is 0.234 e. The van der Waals surface area contributed by atoms with Crippen LogP contribution in [0.2, 0.25) is 0 Å². The average molecular weight is 235 g/mol. The molecule has 0 fully saturated rings. The van der Waals surface area contributed by atoms with Crippen molar-refractivity contribution in [3.63, 3.8) is 0 Å². The number of carbonyl (C=O) groups is 2. The number of carbonyl (C=O) groups excluding carboxylic acids is 2. The molecule has 0 bridgehead atoms. The van der Waals surface area contributed by atoms with Crippen molar-refractivity contribution in [1.82, 2.24) is 10.7 Å². The summed E-state index contributed by atoms with van der Waals surface area (Å²) >= 11 is 0. The molecule has 0 saturated heterocycles. The predicted molar refractivity (Wildman–Crippen MR) is 59.0 cm³/mol. The monoisotopic (exact) mass is 235 g/mol. The van der Waals surface area contributed by atoms with Gasteiger partial charge in [-0.15, -0.1) is 0 Å². The first-order valence-corrected chi connectivity index (χ1v) is 6.70. The van der Waals surface area contributed by atoms with E-state index < -0.39 is 7.80 Å². The summed E-state index contributed by atoms with van der Waals surface area (Å²) in [6, 6.07) is 0. The number of nitrogens with two attached hydrogens (primary N) is 1. The standard InChI is InChI=1S/C8H18N3O3P/c1-2-7(12)10-4-6-15(14)5-3-8(13)11-9/h15H,2-6,9H2,1H3,(H,10,12)(H,11,13). The van der Waals surface area contributed by atoms with Crippen LogP contribution in [0.4, 0.5) is 0 Å². The topological polar surface area (TPSA) is 101 Å². The Morgan fingerprint density at radius 2 is 1.93 bits per heavy atom. The highest BCUT2D eigenvalue weighted by Crippen LogP contribution is 2.19. The van der Waals surface area contributed by atoms with Crippen molar-refractivity contribution in [2.24, 2.45) is 5.84 Å². The van der Waals surface area contributed by atoms with E-state index in [0.29, 0.717) is 25.3 Å². The molecule has 0 aromatic carbocycles. The minimum Gasteiger partial charge on any atom is -0.356 e. The second-order valence-electron chi connectivity index (χ2n) is 3.06. The molecule has 0 radical (unpaired) electrons. The smallest absolute Gasteiger partial charge is 0.234 e. The first-order valence-electron chi connectivity index (χ1n) is 4.88. The minimum absolute atomic E-state index is 0.0514. The Hall–Kier alpha value is -0.870. The molecule has 7 heteroatoms. The Morgan fingerprint density at radius 3 is 2.47 bits per heavy atom. The molecule has 0 aromatic heterocycles. The largest absolute Gasteiger partial charge is 0.356 e. The molecule has 0 spiro atoms. The van der Waals surface area contributed by atoms with E-state index in [2.05, 4.69) is 5.32 Å². The van der Waals surface area contributed by atoms with Gasteiger partial charge in [0.1, 0.15) is 0 Å².